The topological polar surface area (TPSA) is 132 Å². The molecular formula is C28H26Cl2N6O3. The molecule has 2 heterocycles. The van der Waals surface area contributed by atoms with Crippen LogP contribution in [0.25, 0.3) is 11.1 Å². The summed E-state index contributed by atoms with van der Waals surface area (Å²) in [7, 11) is 0. The van der Waals surface area contributed by atoms with Gasteiger partial charge in [-0.2, -0.15) is 5.10 Å². The highest BCUT2D eigenvalue weighted by molar-refractivity contribution is 6.39. The number of pyridine rings is 1. The molecule has 0 saturated carbocycles. The van der Waals surface area contributed by atoms with Gasteiger partial charge in [0.15, 0.2) is 0 Å². The van der Waals surface area contributed by atoms with Crippen LogP contribution in [0.3, 0.4) is 0 Å². The van der Waals surface area contributed by atoms with Crippen molar-refractivity contribution in [1.29, 1.82) is 0 Å². The molecule has 4 N–H and O–H groups in total. The van der Waals surface area contributed by atoms with Crippen LogP contribution in [0.2, 0.25) is 10.0 Å². The van der Waals surface area contributed by atoms with E-state index in [1.165, 1.54) is 17.1 Å². The van der Waals surface area contributed by atoms with Gasteiger partial charge in [0.05, 0.1) is 21.4 Å². The highest BCUT2D eigenvalue weighted by Crippen LogP contribution is 2.28. The number of carbonyl (C=O) groups excluding carboxylic acids is 2. The maximum absolute atomic E-state index is 12.8. The number of nitrogens with two attached hydrogens (primary N) is 1. The Morgan fingerprint density at radius 2 is 1.64 bits per heavy atom. The number of benzene rings is 2. The standard InChI is InChI=1S/C28H26Cl2N6O3/c1-2-36-27(38)24(33-28(39)34-25-22(29)15-32-16-23(25)30)14-21(35-36)11-4-7-17-6-3-8-18(12-17)19-9-5-10-20(13-19)26(31)37/h3,5-6,8-10,12-16H,2,4,7,11H2,1H3,(H2,31,37)(H2,32,33,34,39). The fraction of sp³-hybridized carbons (Fsp3) is 0.179. The average molecular weight is 565 g/mol. The fourth-order valence-corrected chi connectivity index (χ4v) is 4.51. The smallest absolute Gasteiger partial charge is 0.323 e. The van der Waals surface area contributed by atoms with Crippen molar-refractivity contribution in [2.24, 2.45) is 5.73 Å². The number of rotatable bonds is 9. The van der Waals surface area contributed by atoms with Crippen LogP contribution in [0.15, 0.2) is 71.8 Å². The summed E-state index contributed by atoms with van der Waals surface area (Å²) in [6.07, 6.45) is 4.81. The number of anilines is 2. The Morgan fingerprint density at radius 1 is 0.949 bits per heavy atom. The minimum atomic E-state index is -0.667. The van der Waals surface area contributed by atoms with Gasteiger partial charge < -0.3 is 16.4 Å². The SMILES string of the molecule is CCn1nc(CCCc2cccc(-c3cccc(C(N)=O)c3)c2)cc(NC(=O)Nc2c(Cl)cncc2Cl)c1=O. The first-order valence-electron chi connectivity index (χ1n) is 12.2. The van der Waals surface area contributed by atoms with Crippen LogP contribution in [0, 0.1) is 0 Å². The summed E-state index contributed by atoms with van der Waals surface area (Å²) in [6.45, 7) is 2.15. The summed E-state index contributed by atoms with van der Waals surface area (Å²) in [6, 6.07) is 16.2. The number of primary amides is 1. The summed E-state index contributed by atoms with van der Waals surface area (Å²) < 4.78 is 1.31. The minimum absolute atomic E-state index is 0.0944. The maximum Gasteiger partial charge on any atom is 0.323 e. The second-order valence-electron chi connectivity index (χ2n) is 8.73. The van der Waals surface area contributed by atoms with Crippen molar-refractivity contribution < 1.29 is 9.59 Å². The number of urea groups is 1. The van der Waals surface area contributed by atoms with Crippen LogP contribution in [0.5, 0.6) is 0 Å². The molecule has 2 aromatic heterocycles. The summed E-state index contributed by atoms with van der Waals surface area (Å²) in [5.41, 5.74) is 9.42. The summed E-state index contributed by atoms with van der Waals surface area (Å²) in [5.74, 6) is -0.467. The lowest BCUT2D eigenvalue weighted by molar-refractivity contribution is 0.100. The number of aromatic nitrogens is 3. The average Bonchev–Trinajstić information content (AvgIpc) is 2.92. The normalized spacial score (nSPS) is 10.7. The van der Waals surface area contributed by atoms with E-state index >= 15 is 0 Å². The highest BCUT2D eigenvalue weighted by Gasteiger charge is 2.14. The first-order chi connectivity index (χ1) is 18.7. The van der Waals surface area contributed by atoms with E-state index in [4.69, 9.17) is 28.9 Å². The van der Waals surface area contributed by atoms with Crippen molar-refractivity contribution in [2.75, 3.05) is 10.6 Å². The van der Waals surface area contributed by atoms with E-state index in [1.54, 1.807) is 25.1 Å². The molecule has 2 aromatic carbocycles. The summed E-state index contributed by atoms with van der Waals surface area (Å²) in [5, 5.41) is 9.91. The number of halogens is 2. The Labute approximate surface area is 235 Å². The van der Waals surface area contributed by atoms with Crippen molar-refractivity contribution in [1.82, 2.24) is 14.8 Å². The number of aryl methyl sites for hydroxylation is 3. The lowest BCUT2D eigenvalue weighted by Crippen LogP contribution is -2.30. The molecule has 9 nitrogen and oxygen atoms in total. The Morgan fingerprint density at radius 3 is 2.33 bits per heavy atom. The number of nitrogens with one attached hydrogen (secondary N) is 2. The number of carbonyl (C=O) groups is 2. The highest BCUT2D eigenvalue weighted by atomic mass is 35.5. The van der Waals surface area contributed by atoms with Gasteiger partial charge in [0, 0.05) is 24.5 Å². The third kappa shape index (κ3) is 7.01. The zero-order chi connectivity index (χ0) is 27.9. The van der Waals surface area contributed by atoms with Gasteiger partial charge in [-0.1, -0.05) is 59.6 Å². The van der Waals surface area contributed by atoms with Crippen molar-refractivity contribution in [3.8, 4) is 11.1 Å². The van der Waals surface area contributed by atoms with E-state index < -0.39 is 17.5 Å². The molecule has 0 radical (unpaired) electrons. The van der Waals surface area contributed by atoms with Crippen LogP contribution in [0.4, 0.5) is 16.2 Å². The maximum atomic E-state index is 12.8. The quantitative estimate of drug-likeness (QED) is 0.245. The van der Waals surface area contributed by atoms with E-state index in [9.17, 15) is 14.4 Å². The van der Waals surface area contributed by atoms with Crippen LogP contribution in [0.1, 0.15) is 35.0 Å². The number of hydrogen-bond donors (Lipinski definition) is 3. The molecule has 3 amide bonds. The van der Waals surface area contributed by atoms with Gasteiger partial charge >= 0.3 is 6.03 Å². The van der Waals surface area contributed by atoms with Gasteiger partial charge in [0.25, 0.3) is 5.56 Å². The second kappa shape index (κ2) is 12.6. The van der Waals surface area contributed by atoms with Crippen LogP contribution in [-0.4, -0.2) is 26.7 Å². The molecule has 200 valence electrons. The Bertz CT molecular complexity index is 1570. The molecule has 0 aliphatic carbocycles. The summed E-state index contributed by atoms with van der Waals surface area (Å²) in [4.78, 5) is 40.8. The minimum Gasteiger partial charge on any atom is -0.366 e. The van der Waals surface area contributed by atoms with Crippen LogP contribution >= 0.6 is 23.2 Å². The van der Waals surface area contributed by atoms with Gasteiger partial charge in [-0.3, -0.25) is 14.6 Å². The van der Waals surface area contributed by atoms with Crippen LogP contribution in [-0.2, 0) is 19.4 Å². The van der Waals surface area contributed by atoms with Crippen molar-refractivity contribution in [3.05, 3.63) is 104 Å². The summed E-state index contributed by atoms with van der Waals surface area (Å²) >= 11 is 12.1. The molecular weight excluding hydrogens is 539 g/mol. The molecule has 0 unspecified atom stereocenters. The predicted octanol–water partition coefficient (Wildman–Crippen LogP) is 5.55. The molecule has 0 atom stereocenters. The molecule has 0 aliphatic heterocycles. The van der Waals surface area contributed by atoms with E-state index in [0.717, 1.165) is 29.5 Å². The van der Waals surface area contributed by atoms with Gasteiger partial charge in [0.2, 0.25) is 5.91 Å². The predicted molar refractivity (Wildman–Crippen MR) is 153 cm³/mol. The van der Waals surface area contributed by atoms with E-state index in [-0.39, 0.29) is 21.4 Å². The number of hydrogen-bond acceptors (Lipinski definition) is 5. The van der Waals surface area contributed by atoms with E-state index in [2.05, 4.69) is 26.8 Å². The van der Waals surface area contributed by atoms with Gasteiger partial charge in [-0.25, -0.2) is 9.48 Å². The Hall–Kier alpha value is -4.21. The Kier molecular flexibility index (Phi) is 8.96. The molecule has 39 heavy (non-hydrogen) atoms. The molecule has 0 bridgehead atoms. The molecule has 0 fully saturated rings. The first kappa shape index (κ1) is 27.8. The van der Waals surface area contributed by atoms with Gasteiger partial charge in [-0.15, -0.1) is 0 Å². The molecule has 0 spiro atoms. The monoisotopic (exact) mass is 564 g/mol. The fourth-order valence-electron chi connectivity index (χ4n) is 4.05. The zero-order valence-electron chi connectivity index (χ0n) is 21.1. The van der Waals surface area contributed by atoms with Crippen molar-refractivity contribution in [3.63, 3.8) is 0 Å². The van der Waals surface area contributed by atoms with Gasteiger partial charge in [0.1, 0.15) is 5.69 Å². The van der Waals surface area contributed by atoms with E-state index in [0.29, 0.717) is 24.2 Å². The zero-order valence-corrected chi connectivity index (χ0v) is 22.6. The molecule has 4 aromatic rings. The number of nitrogens with zero attached hydrogens (tertiary/aromatic N) is 3. The molecule has 11 heteroatoms. The third-order valence-corrected chi connectivity index (χ3v) is 6.54. The molecule has 4 rings (SSSR count). The largest absolute Gasteiger partial charge is 0.366 e. The number of amides is 3. The lowest BCUT2D eigenvalue weighted by Gasteiger charge is -2.12. The van der Waals surface area contributed by atoms with Crippen LogP contribution < -0.4 is 21.9 Å². The van der Waals surface area contributed by atoms with Crippen molar-refractivity contribution in [2.45, 2.75) is 32.7 Å². The van der Waals surface area contributed by atoms with E-state index in [1.807, 2.05) is 30.3 Å². The third-order valence-electron chi connectivity index (χ3n) is 5.97. The molecule has 0 saturated heterocycles. The first-order valence-corrected chi connectivity index (χ1v) is 13.0. The van der Waals surface area contributed by atoms with Gasteiger partial charge in [-0.05, 0) is 61.1 Å². The lowest BCUT2D eigenvalue weighted by atomic mass is 9.98. The Balaban J connectivity index is 1.45. The molecule has 0 aliphatic rings. The van der Waals surface area contributed by atoms with Crippen molar-refractivity contribution >= 4 is 46.5 Å². The second-order valence-corrected chi connectivity index (χ2v) is 9.54.